The summed E-state index contributed by atoms with van der Waals surface area (Å²) >= 11 is 5.19. The van der Waals surface area contributed by atoms with Crippen molar-refractivity contribution in [2.75, 3.05) is 25.4 Å². The second kappa shape index (κ2) is 11.6. The van der Waals surface area contributed by atoms with Gasteiger partial charge < -0.3 is 15.1 Å². The standard InChI is InChI=1S/C16H21N3S3.C4H4O4/c1-3-13(20-9-1)4-2-10-21-16-15(17-22-18-16)14-11-19-7-5-12(14)6-8-19;5-3(6)1-2-4(7)8/h1,3,9,12,14H,2,4-8,10-11H2;1-2H,(H,5,6)(H,7,8). The van der Waals surface area contributed by atoms with Gasteiger partial charge in [-0.25, -0.2) is 9.59 Å². The number of carbonyl (C=O) groups is 2. The summed E-state index contributed by atoms with van der Waals surface area (Å²) in [6.45, 7) is 3.79. The van der Waals surface area contributed by atoms with Crippen LogP contribution in [-0.4, -0.2) is 61.2 Å². The van der Waals surface area contributed by atoms with Crippen molar-refractivity contribution in [3.63, 3.8) is 0 Å². The zero-order valence-electron chi connectivity index (χ0n) is 16.5. The number of thiophene rings is 1. The van der Waals surface area contributed by atoms with Crippen LogP contribution in [0, 0.1) is 5.92 Å². The Labute approximate surface area is 188 Å². The molecule has 5 rings (SSSR count). The number of hydrogen-bond acceptors (Lipinski definition) is 8. The molecule has 1 unspecified atom stereocenters. The molecule has 2 aromatic heterocycles. The molecule has 0 amide bonds. The van der Waals surface area contributed by atoms with Crippen LogP contribution in [0.25, 0.3) is 0 Å². The maximum Gasteiger partial charge on any atom is 0.328 e. The number of fused-ring (bicyclic) bond motifs is 3. The third-order valence-corrected chi connectivity index (χ3v) is 7.91. The first-order valence-corrected chi connectivity index (χ1v) is 12.5. The number of carboxylic acid groups (broad SMARTS) is 2. The average Bonchev–Trinajstić information content (AvgIpc) is 3.43. The van der Waals surface area contributed by atoms with Gasteiger partial charge in [-0.3, -0.25) is 0 Å². The van der Waals surface area contributed by atoms with E-state index < -0.39 is 11.9 Å². The molecule has 2 bridgehead atoms. The van der Waals surface area contributed by atoms with E-state index in [9.17, 15) is 9.59 Å². The predicted molar refractivity (Wildman–Crippen MR) is 120 cm³/mol. The van der Waals surface area contributed by atoms with Crippen LogP contribution in [0.2, 0.25) is 0 Å². The molecule has 5 heterocycles. The zero-order chi connectivity index (χ0) is 21.3. The van der Waals surface area contributed by atoms with Gasteiger partial charge in [-0.1, -0.05) is 6.07 Å². The topological polar surface area (TPSA) is 104 Å². The molecule has 0 saturated carbocycles. The van der Waals surface area contributed by atoms with E-state index in [1.54, 1.807) is 0 Å². The number of aromatic nitrogens is 2. The van der Waals surface area contributed by atoms with Crippen molar-refractivity contribution < 1.29 is 19.8 Å². The molecule has 2 N–H and O–H groups in total. The van der Waals surface area contributed by atoms with Crippen molar-refractivity contribution in [3.05, 3.63) is 40.2 Å². The van der Waals surface area contributed by atoms with Gasteiger partial charge in [0.05, 0.1) is 17.4 Å². The molecule has 0 spiro atoms. The van der Waals surface area contributed by atoms with Gasteiger partial charge in [0, 0.05) is 29.5 Å². The fraction of sp³-hybridized carbons (Fsp3) is 0.500. The van der Waals surface area contributed by atoms with E-state index >= 15 is 0 Å². The minimum absolute atomic E-state index is 0.558. The van der Waals surface area contributed by atoms with E-state index in [2.05, 4.69) is 31.2 Å². The minimum Gasteiger partial charge on any atom is -0.478 e. The molecule has 1 atom stereocenters. The number of rotatable bonds is 8. The zero-order valence-corrected chi connectivity index (χ0v) is 18.9. The van der Waals surface area contributed by atoms with Gasteiger partial charge in [0.25, 0.3) is 0 Å². The van der Waals surface area contributed by atoms with E-state index in [0.29, 0.717) is 18.1 Å². The smallest absolute Gasteiger partial charge is 0.328 e. The lowest BCUT2D eigenvalue weighted by molar-refractivity contribution is -0.134. The van der Waals surface area contributed by atoms with Crippen LogP contribution >= 0.6 is 34.8 Å². The number of thioether (sulfide) groups is 1. The maximum atomic E-state index is 9.55. The SMILES string of the molecule is O=C(O)C=CC(=O)O.c1csc(CCCSc2nsnc2C2CN3CCC2CC3)c1. The highest BCUT2D eigenvalue weighted by atomic mass is 32.2. The molecule has 3 aliphatic rings. The summed E-state index contributed by atoms with van der Waals surface area (Å²) in [7, 11) is 0. The predicted octanol–water partition coefficient (Wildman–Crippen LogP) is 3.85. The molecule has 3 fully saturated rings. The maximum absolute atomic E-state index is 9.55. The number of piperidine rings is 3. The highest BCUT2D eigenvalue weighted by Crippen LogP contribution is 2.41. The molecule has 3 saturated heterocycles. The molecule has 3 aliphatic heterocycles. The molecule has 10 heteroatoms. The monoisotopic (exact) mass is 467 g/mol. The van der Waals surface area contributed by atoms with Crippen molar-refractivity contribution in [3.8, 4) is 0 Å². The lowest BCUT2D eigenvalue weighted by atomic mass is 9.78. The van der Waals surface area contributed by atoms with Crippen molar-refractivity contribution in [2.24, 2.45) is 5.92 Å². The number of nitrogens with zero attached hydrogens (tertiary/aromatic N) is 3. The van der Waals surface area contributed by atoms with Crippen molar-refractivity contribution >= 4 is 46.8 Å². The number of aryl methyl sites for hydroxylation is 1. The third kappa shape index (κ3) is 6.90. The van der Waals surface area contributed by atoms with Crippen molar-refractivity contribution in [1.29, 1.82) is 0 Å². The van der Waals surface area contributed by atoms with Gasteiger partial charge >= 0.3 is 11.9 Å². The van der Waals surface area contributed by atoms with E-state index in [1.165, 1.54) is 72.6 Å². The Morgan fingerprint density at radius 1 is 1.20 bits per heavy atom. The number of carboxylic acids is 2. The van der Waals surface area contributed by atoms with Crippen LogP contribution in [0.15, 0.2) is 34.7 Å². The molecule has 30 heavy (non-hydrogen) atoms. The van der Waals surface area contributed by atoms with E-state index in [-0.39, 0.29) is 0 Å². The number of hydrogen-bond donors (Lipinski definition) is 2. The highest BCUT2D eigenvalue weighted by molar-refractivity contribution is 7.99. The van der Waals surface area contributed by atoms with Crippen molar-refractivity contribution in [1.82, 2.24) is 13.6 Å². The van der Waals surface area contributed by atoms with Crippen LogP contribution in [0.4, 0.5) is 0 Å². The summed E-state index contributed by atoms with van der Waals surface area (Å²) < 4.78 is 9.26. The number of aliphatic carboxylic acids is 2. The van der Waals surface area contributed by atoms with Crippen LogP contribution in [0.3, 0.4) is 0 Å². The Morgan fingerprint density at radius 3 is 2.50 bits per heavy atom. The quantitative estimate of drug-likeness (QED) is 0.343. The Bertz CT molecular complexity index is 829. The third-order valence-electron chi connectivity index (χ3n) is 5.24. The van der Waals surface area contributed by atoms with Gasteiger partial charge in [0.15, 0.2) is 0 Å². The molecule has 7 nitrogen and oxygen atoms in total. The molecule has 0 aliphatic carbocycles. The van der Waals surface area contributed by atoms with Crippen LogP contribution in [-0.2, 0) is 16.0 Å². The summed E-state index contributed by atoms with van der Waals surface area (Å²) in [6, 6.07) is 4.38. The molecular weight excluding hydrogens is 442 g/mol. The highest BCUT2D eigenvalue weighted by Gasteiger charge is 2.37. The Morgan fingerprint density at radius 2 is 1.93 bits per heavy atom. The Balaban J connectivity index is 0.000000275. The van der Waals surface area contributed by atoms with E-state index in [4.69, 9.17) is 10.2 Å². The molecule has 162 valence electrons. The largest absolute Gasteiger partial charge is 0.478 e. The molecule has 0 radical (unpaired) electrons. The summed E-state index contributed by atoms with van der Waals surface area (Å²) in [5.74, 6) is 0.123. The first kappa shape index (κ1) is 22.9. The molecular formula is C20H25N3O4S3. The van der Waals surface area contributed by atoms with Gasteiger partial charge in [0.2, 0.25) is 0 Å². The fourth-order valence-corrected chi connectivity index (χ4v) is 6.27. The van der Waals surface area contributed by atoms with Crippen molar-refractivity contribution in [2.45, 2.75) is 36.6 Å². The molecule has 0 aromatic carbocycles. The second-order valence-electron chi connectivity index (χ2n) is 7.24. The second-order valence-corrected chi connectivity index (χ2v) is 9.88. The van der Waals surface area contributed by atoms with Gasteiger partial charge in [-0.05, 0) is 61.9 Å². The Hall–Kier alpha value is -1.75. The normalized spacial score (nSPS) is 22.6. The minimum atomic E-state index is -1.26. The average molecular weight is 468 g/mol. The molecule has 2 aromatic rings. The lowest BCUT2D eigenvalue weighted by Crippen LogP contribution is -2.46. The van der Waals surface area contributed by atoms with E-state index in [1.807, 2.05) is 23.1 Å². The first-order valence-electron chi connectivity index (χ1n) is 9.87. The van der Waals surface area contributed by atoms with Crippen LogP contribution < -0.4 is 0 Å². The van der Waals surface area contributed by atoms with E-state index in [0.717, 1.165) is 11.7 Å². The summed E-state index contributed by atoms with van der Waals surface area (Å²) in [5, 5.41) is 19.0. The fourth-order valence-electron chi connectivity index (χ4n) is 3.80. The van der Waals surface area contributed by atoms with Gasteiger partial charge in [-0.15, -0.1) is 23.1 Å². The van der Waals surface area contributed by atoms with Crippen LogP contribution in [0.1, 0.15) is 35.8 Å². The summed E-state index contributed by atoms with van der Waals surface area (Å²) in [5.41, 5.74) is 1.31. The van der Waals surface area contributed by atoms with Gasteiger partial charge in [-0.2, -0.15) is 8.75 Å². The van der Waals surface area contributed by atoms with Gasteiger partial charge in [0.1, 0.15) is 5.03 Å². The summed E-state index contributed by atoms with van der Waals surface area (Å²) in [4.78, 5) is 23.2. The first-order chi connectivity index (χ1) is 14.5. The lowest BCUT2D eigenvalue weighted by Gasteiger charge is -2.44. The van der Waals surface area contributed by atoms with Crippen LogP contribution in [0.5, 0.6) is 0 Å². The Kier molecular flexibility index (Phi) is 8.86. The summed E-state index contributed by atoms with van der Waals surface area (Å²) in [6.07, 6.45) is 6.24.